The van der Waals surface area contributed by atoms with Crippen molar-refractivity contribution in [2.24, 2.45) is 0 Å². The highest BCUT2D eigenvalue weighted by atomic mass is 15.0. The van der Waals surface area contributed by atoms with E-state index in [9.17, 15) is 0 Å². The molecular weight excluding hydrogens is 784 g/mol. The molecule has 2 aromatic heterocycles. The Labute approximate surface area is 381 Å². The van der Waals surface area contributed by atoms with E-state index in [1.807, 2.05) is 0 Å². The second kappa shape index (κ2) is 13.6. The third-order valence-corrected chi connectivity index (χ3v) is 15.3. The number of aryl methyl sites for hydroxylation is 8. The van der Waals surface area contributed by atoms with Gasteiger partial charge in [0.1, 0.15) is 0 Å². The Bertz CT molecular complexity index is 3850. The Hall–Kier alpha value is -7.36. The second-order valence-electron chi connectivity index (χ2n) is 19.3. The Kier molecular flexibility index (Phi) is 7.97. The maximum absolute atomic E-state index is 2.74. The first-order chi connectivity index (χ1) is 31.6. The lowest BCUT2D eigenvalue weighted by molar-refractivity contribution is 1.17. The molecule has 310 valence electrons. The molecule has 0 atom stereocenters. The van der Waals surface area contributed by atoms with Gasteiger partial charge < -0.3 is 9.05 Å². The molecule has 0 saturated carbocycles. The molecule has 0 unspecified atom stereocenters. The minimum Gasteiger partial charge on any atom is -0.375 e. The number of aromatic nitrogens is 2. The zero-order chi connectivity index (χ0) is 44.2. The molecule has 2 aliphatic rings. The van der Waals surface area contributed by atoms with E-state index < -0.39 is 0 Å². The van der Waals surface area contributed by atoms with Crippen molar-refractivity contribution in [2.75, 3.05) is 0 Å². The van der Waals surface area contributed by atoms with Crippen molar-refractivity contribution in [1.82, 2.24) is 9.05 Å². The summed E-state index contributed by atoms with van der Waals surface area (Å²) in [5.41, 5.74) is 32.6. The van der Waals surface area contributed by atoms with Crippen LogP contribution < -0.4 is 10.9 Å². The Morgan fingerprint density at radius 1 is 0.338 bits per heavy atom. The summed E-state index contributed by atoms with van der Waals surface area (Å²) in [4.78, 5) is 0. The lowest BCUT2D eigenvalue weighted by atomic mass is 9.45. The average Bonchev–Trinajstić information content (AvgIpc) is 3.79. The van der Waals surface area contributed by atoms with Gasteiger partial charge in [0.2, 0.25) is 0 Å². The van der Waals surface area contributed by atoms with Gasteiger partial charge in [-0.1, -0.05) is 103 Å². The molecule has 65 heavy (non-hydrogen) atoms. The van der Waals surface area contributed by atoms with Crippen LogP contribution in [0.5, 0.6) is 0 Å². The fourth-order valence-corrected chi connectivity index (χ4v) is 12.7. The molecule has 9 aromatic carbocycles. The molecule has 0 aliphatic carbocycles. The number of benzene rings is 9. The van der Waals surface area contributed by atoms with Crippen LogP contribution in [0.1, 0.15) is 44.5 Å². The van der Waals surface area contributed by atoms with E-state index in [4.69, 9.17) is 0 Å². The lowest BCUT2D eigenvalue weighted by Gasteiger charge is -2.34. The van der Waals surface area contributed by atoms with E-state index in [1.165, 1.54) is 160 Å². The molecule has 3 heteroatoms. The normalized spacial score (nSPS) is 12.6. The summed E-state index contributed by atoms with van der Waals surface area (Å²) in [5.74, 6) is 0. The zero-order valence-corrected chi connectivity index (χ0v) is 38.4. The van der Waals surface area contributed by atoms with Crippen molar-refractivity contribution in [3.63, 3.8) is 0 Å². The molecule has 0 spiro atoms. The summed E-state index contributed by atoms with van der Waals surface area (Å²) in [6, 6.07) is 58.5. The van der Waals surface area contributed by atoms with Gasteiger partial charge in [-0.2, -0.15) is 0 Å². The molecule has 0 saturated heterocycles. The molecule has 2 aliphatic heterocycles. The minimum absolute atomic E-state index is 0.0486. The maximum Gasteiger partial charge on any atom is 0.333 e. The topological polar surface area (TPSA) is 9.86 Å². The van der Waals surface area contributed by atoms with E-state index in [-0.39, 0.29) is 6.85 Å². The van der Waals surface area contributed by atoms with Gasteiger partial charge in [-0.05, 0) is 209 Å². The van der Waals surface area contributed by atoms with Crippen LogP contribution in [0.15, 0.2) is 152 Å². The van der Waals surface area contributed by atoms with E-state index in [1.54, 1.807) is 0 Å². The van der Waals surface area contributed by atoms with Gasteiger partial charge in [0.05, 0.1) is 11.0 Å². The zero-order valence-electron chi connectivity index (χ0n) is 38.4. The van der Waals surface area contributed by atoms with Gasteiger partial charge in [-0.25, -0.2) is 0 Å². The maximum atomic E-state index is 2.74. The smallest absolute Gasteiger partial charge is 0.333 e. The van der Waals surface area contributed by atoms with Gasteiger partial charge in [0.25, 0.3) is 0 Å². The predicted molar refractivity (Wildman–Crippen MR) is 279 cm³/mol. The van der Waals surface area contributed by atoms with Crippen LogP contribution in [-0.4, -0.2) is 15.9 Å². The highest BCUT2D eigenvalue weighted by Gasteiger charge is 2.42. The molecule has 0 radical (unpaired) electrons. The first-order valence-corrected chi connectivity index (χ1v) is 23.2. The Balaban J connectivity index is 1.20. The fraction of sp³-hybridized carbons (Fsp3) is 0.129. The van der Waals surface area contributed by atoms with Crippen molar-refractivity contribution in [1.29, 1.82) is 0 Å². The predicted octanol–water partition coefficient (Wildman–Crippen LogP) is 15.0. The van der Waals surface area contributed by atoms with Crippen LogP contribution in [0.2, 0.25) is 0 Å². The molecule has 11 aromatic rings. The van der Waals surface area contributed by atoms with E-state index in [0.29, 0.717) is 0 Å². The molecule has 13 rings (SSSR count). The van der Waals surface area contributed by atoms with E-state index in [0.717, 1.165) is 0 Å². The number of hydrogen-bond donors (Lipinski definition) is 0. The van der Waals surface area contributed by atoms with Gasteiger partial charge in [-0.15, -0.1) is 0 Å². The number of fused-ring (bicyclic) bond motifs is 10. The monoisotopic (exact) mass is 832 g/mol. The van der Waals surface area contributed by atoms with Crippen molar-refractivity contribution in [3.05, 3.63) is 196 Å². The van der Waals surface area contributed by atoms with Crippen molar-refractivity contribution in [2.45, 2.75) is 55.4 Å². The third kappa shape index (κ3) is 5.18. The quantitative estimate of drug-likeness (QED) is 0.156. The Morgan fingerprint density at radius 2 is 0.754 bits per heavy atom. The third-order valence-electron chi connectivity index (χ3n) is 15.3. The highest BCUT2D eigenvalue weighted by molar-refractivity contribution is 6.90. The van der Waals surface area contributed by atoms with Crippen molar-refractivity contribution < 1.29 is 0 Å². The van der Waals surface area contributed by atoms with Crippen LogP contribution in [0, 0.1) is 55.4 Å². The van der Waals surface area contributed by atoms with Crippen LogP contribution in [0.4, 0.5) is 0 Å². The fourth-order valence-electron chi connectivity index (χ4n) is 12.7. The summed E-state index contributed by atoms with van der Waals surface area (Å²) in [6.07, 6.45) is 0. The lowest BCUT2D eigenvalue weighted by Crippen LogP contribution is -2.55. The second-order valence-corrected chi connectivity index (χ2v) is 19.3. The summed E-state index contributed by atoms with van der Waals surface area (Å²) in [6.45, 7) is 18.0. The van der Waals surface area contributed by atoms with E-state index >= 15 is 0 Å². The van der Waals surface area contributed by atoms with Gasteiger partial charge in [0.15, 0.2) is 0 Å². The van der Waals surface area contributed by atoms with Crippen LogP contribution in [0.3, 0.4) is 0 Å². The number of nitrogens with zero attached hydrogens (tertiary/aromatic N) is 2. The SMILES string of the molecule is Cc1cccc(C)c1-c1ccc2c(c1)c1cc(-c3c(C)cccc3C)cc3c1n2B1c2c-3cccc2-n2c3ccc(-c4c(C)cccc4C)cc3c3cc(-c4c(C)cccc4C)cc1c32. The molecule has 0 bridgehead atoms. The van der Waals surface area contributed by atoms with Crippen molar-refractivity contribution in [3.8, 4) is 61.3 Å². The van der Waals surface area contributed by atoms with Gasteiger partial charge >= 0.3 is 6.85 Å². The van der Waals surface area contributed by atoms with Crippen LogP contribution in [0.25, 0.3) is 105 Å². The number of rotatable bonds is 4. The summed E-state index contributed by atoms with van der Waals surface area (Å²) in [7, 11) is 0. The van der Waals surface area contributed by atoms with E-state index in [2.05, 4.69) is 216 Å². The summed E-state index contributed by atoms with van der Waals surface area (Å²) < 4.78 is 5.35. The summed E-state index contributed by atoms with van der Waals surface area (Å²) in [5, 5.41) is 5.21. The number of hydrogen-bond acceptors (Lipinski definition) is 0. The molecule has 0 fully saturated rings. The van der Waals surface area contributed by atoms with Crippen LogP contribution in [-0.2, 0) is 0 Å². The standard InChI is InChI=1S/C62H49BN2/c1-34-14-9-15-35(2)56(34)42-24-26-53-47(28-42)51-32-45(59-40(7)20-12-21-41(59)8)33-52-62(51)64(53)55-23-13-22-46-49-30-44(58-38(5)18-11-19-39(58)6)31-50-48-29-43(57-36(3)16-10-17-37(57)4)25-27-54(48)65(61(49)50)63(52)60(46)55/h9-33H,1-8H3. The summed E-state index contributed by atoms with van der Waals surface area (Å²) >= 11 is 0. The Morgan fingerprint density at radius 3 is 1.28 bits per heavy atom. The van der Waals surface area contributed by atoms with Crippen LogP contribution >= 0.6 is 0 Å². The van der Waals surface area contributed by atoms with Crippen molar-refractivity contribution >= 4 is 61.4 Å². The average molecular weight is 833 g/mol. The molecule has 4 heterocycles. The first kappa shape index (κ1) is 38.1. The largest absolute Gasteiger partial charge is 0.375 e. The first-order valence-electron chi connectivity index (χ1n) is 23.2. The molecule has 0 N–H and O–H groups in total. The van der Waals surface area contributed by atoms with Gasteiger partial charge in [-0.3, -0.25) is 0 Å². The molecular formula is C62H49BN2. The minimum atomic E-state index is -0.0486. The molecule has 0 amide bonds. The van der Waals surface area contributed by atoms with Gasteiger partial charge in [0, 0.05) is 43.8 Å². The highest BCUT2D eigenvalue weighted by Crippen LogP contribution is 2.48. The molecule has 2 nitrogen and oxygen atoms in total.